The van der Waals surface area contributed by atoms with Crippen LogP contribution in [0, 0.1) is 5.92 Å². The van der Waals surface area contributed by atoms with E-state index in [2.05, 4.69) is 230 Å². The van der Waals surface area contributed by atoms with Crippen molar-refractivity contribution < 1.29 is 0 Å². The minimum Gasteiger partial charge on any atom is -0.334 e. The van der Waals surface area contributed by atoms with E-state index < -0.39 is 0 Å². The van der Waals surface area contributed by atoms with Crippen molar-refractivity contribution >= 4 is 50.7 Å². The lowest BCUT2D eigenvalue weighted by Gasteiger charge is -2.39. The summed E-state index contributed by atoms with van der Waals surface area (Å²) in [5.41, 5.74) is 15.7. The first-order valence-corrected chi connectivity index (χ1v) is 21.1. The highest BCUT2D eigenvalue weighted by Gasteiger charge is 2.39. The Balaban J connectivity index is 1.05. The lowest BCUT2D eigenvalue weighted by Crippen LogP contribution is -2.45. The fourth-order valence-electron chi connectivity index (χ4n) is 10.4. The van der Waals surface area contributed by atoms with Crippen LogP contribution in [0.3, 0.4) is 0 Å². The number of hydrogen-bond donors (Lipinski definition) is 0. The van der Waals surface area contributed by atoms with E-state index in [0.717, 1.165) is 12.8 Å². The Bertz CT molecular complexity index is 2930. The first kappa shape index (κ1) is 35.3. The molecule has 0 radical (unpaired) electrons. The molecular weight excluding hydrogens is 713 g/mol. The quantitative estimate of drug-likeness (QED) is 0.160. The second-order valence-electron chi connectivity index (χ2n) is 16.8. The largest absolute Gasteiger partial charge is 0.334 e. The molecule has 4 aliphatic rings. The van der Waals surface area contributed by atoms with Gasteiger partial charge in [-0.3, -0.25) is 0 Å². The number of hydrogen-bond acceptors (Lipinski definition) is 2. The van der Waals surface area contributed by atoms with Gasteiger partial charge < -0.3 is 9.80 Å². The van der Waals surface area contributed by atoms with E-state index in [1.165, 1.54) is 88.6 Å². The molecule has 7 aromatic rings. The van der Waals surface area contributed by atoms with Gasteiger partial charge in [-0.25, -0.2) is 0 Å². The van der Waals surface area contributed by atoms with E-state index in [-0.39, 0.29) is 17.4 Å². The average Bonchev–Trinajstić information content (AvgIpc) is 3.52. The van der Waals surface area contributed by atoms with Crippen LogP contribution in [0.1, 0.15) is 37.8 Å². The summed E-state index contributed by atoms with van der Waals surface area (Å²) in [6.45, 7) is 4.86. The highest BCUT2D eigenvalue weighted by Crippen LogP contribution is 2.53. The minimum atomic E-state index is -0.152. The van der Waals surface area contributed by atoms with Gasteiger partial charge >= 0.3 is 0 Å². The van der Waals surface area contributed by atoms with E-state index in [0.29, 0.717) is 0 Å². The molecule has 59 heavy (non-hydrogen) atoms. The van der Waals surface area contributed by atoms with Crippen LogP contribution in [0.15, 0.2) is 212 Å². The molecule has 0 saturated carbocycles. The van der Waals surface area contributed by atoms with Crippen LogP contribution in [0.2, 0.25) is 0 Å². The monoisotopic (exact) mass is 758 g/mol. The van der Waals surface area contributed by atoms with Crippen molar-refractivity contribution in [3.05, 3.63) is 233 Å². The summed E-state index contributed by atoms with van der Waals surface area (Å²) in [5.74, 6) is 0.193. The van der Waals surface area contributed by atoms with Gasteiger partial charge in [-0.1, -0.05) is 153 Å². The Hall–Kier alpha value is -6.90. The highest BCUT2D eigenvalue weighted by molar-refractivity contribution is 6.00. The van der Waals surface area contributed by atoms with Crippen LogP contribution in [0.25, 0.3) is 39.1 Å². The van der Waals surface area contributed by atoms with Crippen molar-refractivity contribution in [2.45, 2.75) is 38.1 Å². The predicted octanol–water partition coefficient (Wildman–Crippen LogP) is 13.0. The molecule has 0 amide bonds. The topological polar surface area (TPSA) is 6.48 Å². The van der Waals surface area contributed by atoms with Gasteiger partial charge in [0.2, 0.25) is 0 Å². The van der Waals surface area contributed by atoms with Gasteiger partial charge in [0.25, 0.3) is 0 Å². The summed E-state index contributed by atoms with van der Waals surface area (Å²) >= 11 is 0. The maximum atomic E-state index is 2.54. The van der Waals surface area contributed by atoms with Gasteiger partial charge in [0.1, 0.15) is 0 Å². The zero-order valence-electron chi connectivity index (χ0n) is 33.6. The fourth-order valence-corrected chi connectivity index (χ4v) is 10.4. The molecule has 11 rings (SSSR count). The van der Waals surface area contributed by atoms with E-state index in [1.807, 2.05) is 0 Å². The first-order valence-electron chi connectivity index (χ1n) is 21.1. The van der Waals surface area contributed by atoms with Crippen molar-refractivity contribution in [2.24, 2.45) is 5.92 Å². The average molecular weight is 759 g/mol. The summed E-state index contributed by atoms with van der Waals surface area (Å²) < 4.78 is 0. The Morgan fingerprint density at radius 3 is 1.80 bits per heavy atom. The fraction of sp³-hybridized carbons (Fsp3) is 0.123. The molecule has 0 aliphatic heterocycles. The molecule has 4 aliphatic carbocycles. The smallest absolute Gasteiger partial charge is 0.0634 e. The van der Waals surface area contributed by atoms with Gasteiger partial charge in [-0.2, -0.15) is 0 Å². The van der Waals surface area contributed by atoms with Gasteiger partial charge in [0.15, 0.2) is 0 Å². The van der Waals surface area contributed by atoms with Gasteiger partial charge in [0.05, 0.1) is 6.04 Å². The molecule has 2 heteroatoms. The molecule has 2 atom stereocenters. The Morgan fingerprint density at radius 1 is 0.559 bits per heavy atom. The summed E-state index contributed by atoms with van der Waals surface area (Å²) in [6, 6.07) is 62.4. The second kappa shape index (κ2) is 14.2. The molecule has 0 bridgehead atoms. The van der Waals surface area contributed by atoms with Crippen molar-refractivity contribution in [1.29, 1.82) is 0 Å². The highest BCUT2D eigenvalue weighted by atomic mass is 15.2. The SMILES string of the molecule is CC1(C)C2=C(CCC(N(c3ccccc3)c3ccccc3)=C2)c2ccc(-c3cc4c(c5ccccc35)=C3C=CC=CC3C(N(c3ccccc3)c3ccccc3)C=4)cc21. The van der Waals surface area contributed by atoms with Crippen LogP contribution in [-0.2, 0) is 5.41 Å². The Morgan fingerprint density at radius 2 is 1.15 bits per heavy atom. The van der Waals surface area contributed by atoms with Crippen LogP contribution < -0.4 is 20.2 Å². The number of nitrogens with zero attached hydrogens (tertiary/aromatic N) is 2. The van der Waals surface area contributed by atoms with E-state index >= 15 is 0 Å². The summed E-state index contributed by atoms with van der Waals surface area (Å²) in [6.07, 6.45) is 16.2. The van der Waals surface area contributed by atoms with Crippen LogP contribution in [-0.4, -0.2) is 6.04 Å². The predicted molar refractivity (Wildman–Crippen MR) is 249 cm³/mol. The van der Waals surface area contributed by atoms with Crippen LogP contribution in [0.5, 0.6) is 0 Å². The molecule has 2 unspecified atom stereocenters. The molecule has 2 nitrogen and oxygen atoms in total. The standard InChI is InChI=1S/C57H46N2/c1-57(2)53-36-39(31-33-47(53)48-34-32-45(38-54(48)57)58(41-19-7-3-8-20-41)42-21-9-4-10-22-42)52-35-40-37-55(59(43-23-11-5-12-24-43)44-25-13-6-14-26-44)49-28-16-18-30-51(49)56(40)50-29-17-15-27-46(50)52/h3-31,33,35-38,49,55H,32,34H2,1-2H3. The third kappa shape index (κ3) is 5.85. The third-order valence-corrected chi connectivity index (χ3v) is 13.1. The summed E-state index contributed by atoms with van der Waals surface area (Å²) in [7, 11) is 0. The summed E-state index contributed by atoms with van der Waals surface area (Å²) in [5, 5.41) is 5.25. The van der Waals surface area contributed by atoms with Crippen molar-refractivity contribution in [3.63, 3.8) is 0 Å². The molecule has 284 valence electrons. The molecule has 0 spiro atoms. The zero-order chi connectivity index (χ0) is 39.5. The Labute approximate surface area is 347 Å². The van der Waals surface area contributed by atoms with Gasteiger partial charge in [-0.15, -0.1) is 0 Å². The molecule has 0 heterocycles. The Kier molecular flexibility index (Phi) is 8.48. The molecule has 0 N–H and O–H groups in total. The number of anilines is 4. The number of allylic oxidation sites excluding steroid dienone is 7. The van der Waals surface area contributed by atoms with Crippen LogP contribution >= 0.6 is 0 Å². The lowest BCUT2D eigenvalue weighted by atomic mass is 9.78. The van der Waals surface area contributed by atoms with E-state index in [9.17, 15) is 0 Å². The molecule has 0 fully saturated rings. The molecule has 0 saturated heterocycles. The van der Waals surface area contributed by atoms with Gasteiger partial charge in [-0.05, 0) is 140 Å². The van der Waals surface area contributed by atoms with Crippen molar-refractivity contribution in [2.75, 3.05) is 9.80 Å². The minimum absolute atomic E-state index is 0.0831. The lowest BCUT2D eigenvalue weighted by molar-refractivity contribution is 0.649. The maximum Gasteiger partial charge on any atom is 0.0634 e. The number of benzene rings is 7. The molecule has 7 aromatic carbocycles. The normalized spacial score (nSPS) is 18.3. The maximum absolute atomic E-state index is 2.54. The third-order valence-electron chi connectivity index (χ3n) is 13.1. The first-order chi connectivity index (χ1) is 29.0. The summed E-state index contributed by atoms with van der Waals surface area (Å²) in [4.78, 5) is 4.98. The van der Waals surface area contributed by atoms with Crippen molar-refractivity contribution in [1.82, 2.24) is 0 Å². The van der Waals surface area contributed by atoms with Crippen LogP contribution in [0.4, 0.5) is 22.7 Å². The zero-order valence-corrected chi connectivity index (χ0v) is 33.6. The number of fused-ring (bicyclic) bond motifs is 6. The van der Waals surface area contributed by atoms with Gasteiger partial charge in [0, 0.05) is 39.8 Å². The van der Waals surface area contributed by atoms with E-state index in [1.54, 1.807) is 0 Å². The number of para-hydroxylation sites is 4. The molecular formula is C57H46N2. The van der Waals surface area contributed by atoms with Crippen molar-refractivity contribution in [3.8, 4) is 11.1 Å². The number of rotatable bonds is 7. The van der Waals surface area contributed by atoms with E-state index in [4.69, 9.17) is 0 Å². The molecule has 0 aromatic heterocycles. The second-order valence-corrected chi connectivity index (χ2v) is 16.8.